The molecule has 3 rings (SSSR count). The second-order valence-corrected chi connectivity index (χ2v) is 6.55. The lowest BCUT2D eigenvalue weighted by atomic mass is 9.99. The fourth-order valence-electron chi connectivity index (χ4n) is 3.23. The molecule has 2 aromatic heterocycles. The molecule has 3 N–H and O–H groups in total. The standard InChI is InChI=1S/C20H23FN4O/c1-5-14-7-16(21)6-11(2)17(14)9-23-18-8-15(19(22)26)10-25-13(4)12(3)24-20(18)25/h6-8,10,23H,5,9H2,1-4H3,(H2,22,26). The molecule has 0 fully saturated rings. The van der Waals surface area contributed by atoms with Crippen LogP contribution in [0.4, 0.5) is 10.1 Å². The van der Waals surface area contributed by atoms with Gasteiger partial charge in [0, 0.05) is 18.4 Å². The summed E-state index contributed by atoms with van der Waals surface area (Å²) in [4.78, 5) is 16.3. The normalized spacial score (nSPS) is 11.1. The number of fused-ring (bicyclic) bond motifs is 1. The van der Waals surface area contributed by atoms with Crippen molar-refractivity contribution in [3.05, 3.63) is 63.9 Å². The van der Waals surface area contributed by atoms with Crippen molar-refractivity contribution in [1.29, 1.82) is 0 Å². The summed E-state index contributed by atoms with van der Waals surface area (Å²) in [5, 5.41) is 3.36. The minimum Gasteiger partial charge on any atom is -0.378 e. The Labute approximate surface area is 152 Å². The van der Waals surface area contributed by atoms with Gasteiger partial charge in [0.05, 0.1) is 16.9 Å². The van der Waals surface area contributed by atoms with E-state index in [2.05, 4.69) is 10.3 Å². The third kappa shape index (κ3) is 3.14. The number of rotatable bonds is 5. The van der Waals surface area contributed by atoms with Crippen LogP contribution in [0.15, 0.2) is 24.4 Å². The number of hydrogen-bond donors (Lipinski definition) is 2. The molecule has 0 saturated heterocycles. The molecule has 0 saturated carbocycles. The lowest BCUT2D eigenvalue weighted by molar-refractivity contribution is 0.1000. The number of anilines is 1. The first-order valence-corrected chi connectivity index (χ1v) is 8.62. The van der Waals surface area contributed by atoms with Gasteiger partial charge in [-0.2, -0.15) is 0 Å². The van der Waals surface area contributed by atoms with E-state index >= 15 is 0 Å². The lowest BCUT2D eigenvalue weighted by Gasteiger charge is -2.15. The van der Waals surface area contributed by atoms with E-state index in [1.807, 2.05) is 32.1 Å². The zero-order valence-electron chi connectivity index (χ0n) is 15.5. The average Bonchev–Trinajstić information content (AvgIpc) is 2.88. The van der Waals surface area contributed by atoms with E-state index in [-0.39, 0.29) is 5.82 Å². The Morgan fingerprint density at radius 2 is 2.00 bits per heavy atom. The number of carbonyl (C=O) groups is 1. The average molecular weight is 354 g/mol. The van der Waals surface area contributed by atoms with Gasteiger partial charge in [-0.1, -0.05) is 6.92 Å². The number of amides is 1. The summed E-state index contributed by atoms with van der Waals surface area (Å²) < 4.78 is 15.5. The fourth-order valence-corrected chi connectivity index (χ4v) is 3.23. The van der Waals surface area contributed by atoms with Crippen molar-refractivity contribution in [2.24, 2.45) is 5.73 Å². The van der Waals surface area contributed by atoms with Crippen LogP contribution in [-0.2, 0) is 13.0 Å². The quantitative estimate of drug-likeness (QED) is 0.734. The Kier molecular flexibility index (Phi) is 4.68. The largest absolute Gasteiger partial charge is 0.378 e. The zero-order valence-corrected chi connectivity index (χ0v) is 15.5. The third-order valence-corrected chi connectivity index (χ3v) is 4.85. The Morgan fingerprint density at radius 1 is 1.27 bits per heavy atom. The number of aromatic nitrogens is 2. The van der Waals surface area contributed by atoms with Gasteiger partial charge in [-0.15, -0.1) is 0 Å². The molecule has 26 heavy (non-hydrogen) atoms. The molecule has 6 heteroatoms. The van der Waals surface area contributed by atoms with E-state index in [9.17, 15) is 9.18 Å². The molecule has 0 aliphatic carbocycles. The van der Waals surface area contributed by atoms with Gasteiger partial charge >= 0.3 is 0 Å². The van der Waals surface area contributed by atoms with Gasteiger partial charge in [0.15, 0.2) is 5.65 Å². The predicted molar refractivity (Wildman–Crippen MR) is 101 cm³/mol. The van der Waals surface area contributed by atoms with Gasteiger partial charge in [-0.05, 0) is 62.1 Å². The minimum absolute atomic E-state index is 0.222. The minimum atomic E-state index is -0.493. The molecule has 0 spiro atoms. The number of benzene rings is 1. The van der Waals surface area contributed by atoms with Crippen molar-refractivity contribution < 1.29 is 9.18 Å². The molecule has 3 aromatic rings. The van der Waals surface area contributed by atoms with Crippen molar-refractivity contribution in [3.8, 4) is 0 Å². The molecule has 136 valence electrons. The van der Waals surface area contributed by atoms with Gasteiger partial charge < -0.3 is 15.5 Å². The van der Waals surface area contributed by atoms with Crippen LogP contribution in [0.3, 0.4) is 0 Å². The van der Waals surface area contributed by atoms with Crippen molar-refractivity contribution in [2.75, 3.05) is 5.32 Å². The Hall–Kier alpha value is -2.89. The molecule has 0 bridgehead atoms. The highest BCUT2D eigenvalue weighted by Gasteiger charge is 2.14. The summed E-state index contributed by atoms with van der Waals surface area (Å²) >= 11 is 0. The molecule has 0 aliphatic heterocycles. The molecule has 5 nitrogen and oxygen atoms in total. The highest BCUT2D eigenvalue weighted by molar-refractivity contribution is 5.94. The molecule has 0 unspecified atom stereocenters. The first kappa shape index (κ1) is 17.9. The highest BCUT2D eigenvalue weighted by atomic mass is 19.1. The molecular weight excluding hydrogens is 331 g/mol. The van der Waals surface area contributed by atoms with E-state index < -0.39 is 5.91 Å². The number of nitrogens with one attached hydrogen (secondary N) is 1. The van der Waals surface area contributed by atoms with Crippen LogP contribution in [0, 0.1) is 26.6 Å². The summed E-state index contributed by atoms with van der Waals surface area (Å²) in [6.07, 6.45) is 2.45. The van der Waals surface area contributed by atoms with Crippen LogP contribution >= 0.6 is 0 Å². The first-order chi connectivity index (χ1) is 12.3. The number of nitrogens with two attached hydrogens (primary N) is 1. The second-order valence-electron chi connectivity index (χ2n) is 6.55. The number of aryl methyl sites for hydroxylation is 4. The SMILES string of the molecule is CCc1cc(F)cc(C)c1CNc1cc(C(N)=O)cn2c(C)c(C)nc12. The van der Waals surface area contributed by atoms with E-state index in [1.165, 1.54) is 6.07 Å². The maximum absolute atomic E-state index is 13.7. The predicted octanol–water partition coefficient (Wildman–Crippen LogP) is 3.67. The number of carbonyl (C=O) groups excluding carboxylic acids is 1. The molecule has 0 radical (unpaired) electrons. The molecule has 1 amide bonds. The van der Waals surface area contributed by atoms with Gasteiger partial charge in [0.25, 0.3) is 0 Å². The molecule has 0 aliphatic rings. The monoisotopic (exact) mass is 354 g/mol. The summed E-state index contributed by atoms with van der Waals surface area (Å²) in [6.45, 7) is 8.29. The lowest BCUT2D eigenvalue weighted by Crippen LogP contribution is -2.14. The fraction of sp³-hybridized carbons (Fsp3) is 0.300. The maximum Gasteiger partial charge on any atom is 0.250 e. The van der Waals surface area contributed by atoms with E-state index in [1.54, 1.807) is 18.3 Å². The second kappa shape index (κ2) is 6.78. The van der Waals surface area contributed by atoms with Crippen molar-refractivity contribution >= 4 is 17.2 Å². The Balaban J connectivity index is 2.04. The van der Waals surface area contributed by atoms with E-state index in [0.717, 1.165) is 45.8 Å². The Bertz CT molecular complexity index is 1010. The van der Waals surface area contributed by atoms with Crippen molar-refractivity contribution in [1.82, 2.24) is 9.38 Å². The van der Waals surface area contributed by atoms with E-state index in [4.69, 9.17) is 5.73 Å². The molecule has 1 aromatic carbocycles. The van der Waals surface area contributed by atoms with Gasteiger partial charge in [0.2, 0.25) is 5.91 Å². The van der Waals surface area contributed by atoms with Crippen LogP contribution in [0.5, 0.6) is 0 Å². The molecular formula is C20H23FN4O. The van der Waals surface area contributed by atoms with Crippen LogP contribution in [-0.4, -0.2) is 15.3 Å². The van der Waals surface area contributed by atoms with Crippen molar-refractivity contribution in [2.45, 2.75) is 40.7 Å². The van der Waals surface area contributed by atoms with Gasteiger partial charge in [-0.25, -0.2) is 9.37 Å². The zero-order chi connectivity index (χ0) is 19.0. The maximum atomic E-state index is 13.7. The van der Waals surface area contributed by atoms with Gasteiger partial charge in [0.1, 0.15) is 5.82 Å². The summed E-state index contributed by atoms with van der Waals surface area (Å²) in [6, 6.07) is 4.83. The van der Waals surface area contributed by atoms with E-state index in [0.29, 0.717) is 12.1 Å². The number of hydrogen-bond acceptors (Lipinski definition) is 3. The third-order valence-electron chi connectivity index (χ3n) is 4.85. The first-order valence-electron chi connectivity index (χ1n) is 8.62. The van der Waals surface area contributed by atoms with Crippen LogP contribution in [0.2, 0.25) is 0 Å². The number of halogens is 1. The topological polar surface area (TPSA) is 72.4 Å². The smallest absolute Gasteiger partial charge is 0.250 e. The summed E-state index contributed by atoms with van der Waals surface area (Å²) in [7, 11) is 0. The van der Waals surface area contributed by atoms with Crippen molar-refractivity contribution in [3.63, 3.8) is 0 Å². The number of primary amides is 1. The molecule has 2 heterocycles. The number of imidazole rings is 1. The highest BCUT2D eigenvalue weighted by Crippen LogP contribution is 2.24. The number of nitrogens with zero attached hydrogens (tertiary/aromatic N) is 2. The van der Waals surface area contributed by atoms with Crippen LogP contribution in [0.1, 0.15) is 45.4 Å². The summed E-state index contributed by atoms with van der Waals surface area (Å²) in [5.41, 5.74) is 12.1. The summed E-state index contributed by atoms with van der Waals surface area (Å²) in [5.74, 6) is -0.714. The Morgan fingerprint density at radius 3 is 2.65 bits per heavy atom. The molecule has 0 atom stereocenters. The van der Waals surface area contributed by atoms with Crippen LogP contribution in [0.25, 0.3) is 5.65 Å². The number of pyridine rings is 1. The van der Waals surface area contributed by atoms with Crippen LogP contribution < -0.4 is 11.1 Å². The van der Waals surface area contributed by atoms with Gasteiger partial charge in [-0.3, -0.25) is 4.79 Å².